The molecule has 0 aliphatic rings. The maximum atomic E-state index is 2.34. The topological polar surface area (TPSA) is 9.72 Å². The first kappa shape index (κ1) is 87.8. The summed E-state index contributed by atoms with van der Waals surface area (Å²) in [7, 11) is 0. The number of rotatable bonds is 21. The van der Waals surface area contributed by atoms with E-state index in [0.717, 1.165) is 51.2 Å². The molecule has 24 aromatic carbocycles. The van der Waals surface area contributed by atoms with Crippen LogP contribution in [0, 0.1) is 0 Å². The number of nitrogens with zero attached hydrogens (tertiary/aromatic N) is 3. The van der Waals surface area contributed by atoms with Gasteiger partial charge in [0.25, 0.3) is 0 Å². The van der Waals surface area contributed by atoms with E-state index in [-0.39, 0.29) is 0 Å². The first-order chi connectivity index (χ1) is 69.9. The quantitative estimate of drug-likeness (QED) is 0.0710. The van der Waals surface area contributed by atoms with Crippen molar-refractivity contribution in [3.8, 4) is 134 Å². The van der Waals surface area contributed by atoms with Crippen molar-refractivity contribution in [2.24, 2.45) is 0 Å². The van der Waals surface area contributed by atoms with Crippen molar-refractivity contribution in [3.63, 3.8) is 0 Å². The van der Waals surface area contributed by atoms with E-state index in [1.54, 1.807) is 0 Å². The normalized spacial score (nSPS) is 11.0. The van der Waals surface area contributed by atoms with Gasteiger partial charge in [-0.2, -0.15) is 0 Å². The highest BCUT2D eigenvalue weighted by molar-refractivity contribution is 6.04. The minimum absolute atomic E-state index is 1.11. The molecule has 3 heteroatoms. The minimum Gasteiger partial charge on any atom is -0.311 e. The van der Waals surface area contributed by atoms with E-state index in [2.05, 4.69) is 615 Å². The Kier molecular flexibility index (Phi) is 25.7. The Labute approximate surface area is 826 Å². The van der Waals surface area contributed by atoms with E-state index in [1.165, 1.54) is 166 Å². The lowest BCUT2D eigenvalue weighted by molar-refractivity contribution is 1.28. The van der Waals surface area contributed by atoms with Crippen LogP contribution in [-0.2, 0) is 0 Å². The van der Waals surface area contributed by atoms with Crippen LogP contribution >= 0.6 is 0 Å². The van der Waals surface area contributed by atoms with E-state index in [9.17, 15) is 0 Å². The molecule has 24 rings (SSSR count). The van der Waals surface area contributed by atoms with Gasteiger partial charge in [0.15, 0.2) is 0 Å². The molecule has 0 saturated carbocycles. The van der Waals surface area contributed by atoms with Gasteiger partial charge in [0.1, 0.15) is 0 Å². The van der Waals surface area contributed by atoms with Crippen molar-refractivity contribution in [1.82, 2.24) is 0 Å². The Morgan fingerprint density at radius 2 is 0.206 bits per heavy atom. The summed E-state index contributed by atoms with van der Waals surface area (Å²) < 4.78 is 0. The molecule has 666 valence electrons. The van der Waals surface area contributed by atoms with Gasteiger partial charge in [-0.3, -0.25) is 0 Å². The zero-order valence-corrected chi connectivity index (χ0v) is 78.0. The van der Waals surface area contributed by atoms with Crippen molar-refractivity contribution in [2.45, 2.75) is 0 Å². The molecule has 0 fully saturated rings. The summed E-state index contributed by atoms with van der Waals surface area (Å²) in [5, 5.41) is 7.53. The summed E-state index contributed by atoms with van der Waals surface area (Å²) in [6, 6.07) is 215. The van der Waals surface area contributed by atoms with Gasteiger partial charge in [-0.05, 0) is 311 Å². The number of fused-ring (bicyclic) bond motifs is 3. The first-order valence-corrected chi connectivity index (χ1v) is 48.3. The van der Waals surface area contributed by atoms with E-state index in [4.69, 9.17) is 0 Å². The fraction of sp³-hybridized carbons (Fsp3) is 0. The van der Waals surface area contributed by atoms with Crippen LogP contribution in [-0.4, -0.2) is 0 Å². The number of benzene rings is 24. The molecular formula is C138H99N3. The van der Waals surface area contributed by atoms with Gasteiger partial charge >= 0.3 is 0 Å². The molecule has 0 bridgehead atoms. The highest BCUT2D eigenvalue weighted by Gasteiger charge is 2.21. The second-order valence-electron chi connectivity index (χ2n) is 35.5. The second-order valence-corrected chi connectivity index (χ2v) is 35.5. The van der Waals surface area contributed by atoms with Gasteiger partial charge in [0.2, 0.25) is 0 Å². The van der Waals surface area contributed by atoms with E-state index < -0.39 is 0 Å². The number of hydrogen-bond acceptors (Lipinski definition) is 3. The molecule has 24 aromatic rings. The maximum absolute atomic E-state index is 2.34. The average Bonchev–Trinajstić information content (AvgIpc) is 0.777. The van der Waals surface area contributed by atoms with Gasteiger partial charge in [0.05, 0.1) is 0 Å². The zero-order valence-electron chi connectivity index (χ0n) is 78.0. The maximum Gasteiger partial charge on any atom is 0.0462 e. The summed E-state index contributed by atoms with van der Waals surface area (Å²) in [6.07, 6.45) is 0. The van der Waals surface area contributed by atoms with Crippen molar-refractivity contribution in [3.05, 3.63) is 601 Å². The fourth-order valence-electron chi connectivity index (χ4n) is 19.4. The lowest BCUT2D eigenvalue weighted by Crippen LogP contribution is -2.09. The number of anilines is 9. The molecule has 0 aliphatic carbocycles. The lowest BCUT2D eigenvalue weighted by Gasteiger charge is -2.26. The Hall–Kier alpha value is -18.5. The molecule has 0 N–H and O–H groups in total. The third kappa shape index (κ3) is 19.7. The number of hydrogen-bond donors (Lipinski definition) is 0. The third-order valence-corrected chi connectivity index (χ3v) is 26.6. The van der Waals surface area contributed by atoms with Gasteiger partial charge in [0, 0.05) is 51.2 Å². The second kappa shape index (κ2) is 41.3. The van der Waals surface area contributed by atoms with Crippen LogP contribution in [0.15, 0.2) is 601 Å². The third-order valence-electron chi connectivity index (χ3n) is 26.6. The molecule has 0 amide bonds. The van der Waals surface area contributed by atoms with Crippen molar-refractivity contribution in [1.29, 1.82) is 0 Å². The average molecular weight is 1800 g/mol. The smallest absolute Gasteiger partial charge is 0.0462 e. The Bertz CT molecular complexity index is 7250. The van der Waals surface area contributed by atoms with Crippen molar-refractivity contribution in [2.75, 3.05) is 14.7 Å². The van der Waals surface area contributed by atoms with Gasteiger partial charge < -0.3 is 14.7 Å². The van der Waals surface area contributed by atoms with Crippen LogP contribution < -0.4 is 14.7 Å². The highest BCUT2D eigenvalue weighted by Crippen LogP contribution is 2.46. The van der Waals surface area contributed by atoms with Crippen LogP contribution in [0.2, 0.25) is 0 Å². The van der Waals surface area contributed by atoms with Gasteiger partial charge in [-0.1, -0.05) is 455 Å². The minimum atomic E-state index is 1.11. The molecule has 3 nitrogen and oxygen atoms in total. The van der Waals surface area contributed by atoms with Crippen LogP contribution in [0.4, 0.5) is 51.2 Å². The summed E-state index contributed by atoms with van der Waals surface area (Å²) in [4.78, 5) is 7.01. The monoisotopic (exact) mass is 1800 g/mol. The van der Waals surface area contributed by atoms with Crippen molar-refractivity contribution >= 4 is 83.5 Å². The van der Waals surface area contributed by atoms with Crippen LogP contribution in [0.25, 0.3) is 166 Å². The van der Waals surface area contributed by atoms with Gasteiger partial charge in [-0.25, -0.2) is 0 Å². The van der Waals surface area contributed by atoms with Crippen molar-refractivity contribution < 1.29 is 0 Å². The highest BCUT2D eigenvalue weighted by atomic mass is 15.2. The molecule has 0 radical (unpaired) electrons. The molecule has 0 unspecified atom stereocenters. The molecule has 0 atom stereocenters. The molecule has 0 spiro atoms. The summed E-state index contributed by atoms with van der Waals surface area (Å²) >= 11 is 0. The molecular weight excluding hydrogens is 1700 g/mol. The van der Waals surface area contributed by atoms with E-state index in [0.29, 0.717) is 0 Å². The Balaban J connectivity index is 0.000000121. The fourth-order valence-corrected chi connectivity index (χ4v) is 19.4. The molecule has 0 aliphatic heterocycles. The largest absolute Gasteiger partial charge is 0.311 e. The zero-order chi connectivity index (χ0) is 94.3. The summed E-state index contributed by atoms with van der Waals surface area (Å²) in [5.74, 6) is 0. The van der Waals surface area contributed by atoms with Gasteiger partial charge in [-0.15, -0.1) is 0 Å². The molecule has 0 heterocycles. The first-order valence-electron chi connectivity index (χ1n) is 48.3. The lowest BCUT2D eigenvalue weighted by atomic mass is 9.93. The van der Waals surface area contributed by atoms with E-state index >= 15 is 0 Å². The standard InChI is InChI=1S/3C46H33N/c3*1-4-12-34(13-5-1)36-20-26-42(27-21-36)47(43-28-22-37(23-29-43)35-14-6-2-7-15-35)44-30-24-38(25-31-44)41-32-40-18-10-11-19-45(40)46(33-41)39-16-8-3-9-17-39/h3*1-33H. The predicted octanol–water partition coefficient (Wildman–Crippen LogP) is 38.9. The molecule has 0 saturated heterocycles. The Morgan fingerprint density at radius 1 is 0.0851 bits per heavy atom. The van der Waals surface area contributed by atoms with E-state index in [1.807, 2.05) is 0 Å². The summed E-state index contributed by atoms with van der Waals surface area (Å²) in [6.45, 7) is 0. The van der Waals surface area contributed by atoms with Crippen LogP contribution in [0.3, 0.4) is 0 Å². The predicted molar refractivity (Wildman–Crippen MR) is 601 cm³/mol. The SMILES string of the molecule is c1ccc(-c2ccc(N(c3ccc(-c4ccccc4)cc3)c3ccc(-c4cc(-c5ccccc5)c5ccccc5c4)cc3)cc2)cc1.c1ccc(-c2ccc(N(c3ccc(-c4ccccc4)cc3)c3ccc(-c4cc(-c5ccccc5)c5ccccc5c4)cc3)cc2)cc1.c1ccc(-c2ccc(N(c3ccc(-c4ccccc4)cc3)c3ccc(-c4cc(-c5ccccc5)c5ccccc5c4)cc3)cc2)cc1. The Morgan fingerprint density at radius 3 is 0.362 bits per heavy atom. The summed E-state index contributed by atoms with van der Waals surface area (Å²) in [5.41, 5.74) is 39.1. The molecule has 0 aromatic heterocycles. The van der Waals surface area contributed by atoms with Crippen LogP contribution in [0.1, 0.15) is 0 Å². The van der Waals surface area contributed by atoms with Crippen LogP contribution in [0.5, 0.6) is 0 Å². The molecule has 141 heavy (non-hydrogen) atoms.